The number of amides is 1. The van der Waals surface area contributed by atoms with Crippen LogP contribution in [0.3, 0.4) is 0 Å². The minimum Gasteiger partial charge on any atom is -0.363 e. The van der Waals surface area contributed by atoms with E-state index < -0.39 is 6.30 Å². The Bertz CT molecular complexity index is 1250. The van der Waals surface area contributed by atoms with E-state index >= 15 is 4.39 Å². The van der Waals surface area contributed by atoms with E-state index in [2.05, 4.69) is 27.3 Å². The van der Waals surface area contributed by atoms with Crippen molar-refractivity contribution in [3.05, 3.63) is 95.0 Å². The van der Waals surface area contributed by atoms with E-state index in [1.165, 1.54) is 21.6 Å². The van der Waals surface area contributed by atoms with Gasteiger partial charge in [0.1, 0.15) is 5.69 Å². The maximum Gasteiger partial charge on any atom is 0.274 e. The Morgan fingerprint density at radius 1 is 1.21 bits per heavy atom. The number of alkyl halides is 1. The lowest BCUT2D eigenvalue weighted by Gasteiger charge is -2.25. The molecule has 5 rings (SSSR count). The number of anilines is 2. The predicted octanol–water partition coefficient (Wildman–Crippen LogP) is 5.76. The predicted molar refractivity (Wildman–Crippen MR) is 128 cm³/mol. The van der Waals surface area contributed by atoms with Gasteiger partial charge in [0, 0.05) is 41.3 Å². The summed E-state index contributed by atoms with van der Waals surface area (Å²) in [5.41, 5.74) is 3.53. The molecule has 0 saturated carbocycles. The number of hydrogen-bond donors (Lipinski definition) is 1. The topological polar surface area (TPSA) is 63.1 Å². The molecule has 0 aliphatic carbocycles. The molecule has 1 amide bonds. The van der Waals surface area contributed by atoms with Crippen LogP contribution >= 0.6 is 11.3 Å². The third-order valence-corrected chi connectivity index (χ3v) is 6.65. The second kappa shape index (κ2) is 9.15. The van der Waals surface area contributed by atoms with Crippen LogP contribution in [0.2, 0.25) is 0 Å². The number of hydrogen-bond acceptors (Lipinski definition) is 5. The van der Waals surface area contributed by atoms with Crippen LogP contribution in [0.4, 0.5) is 15.2 Å². The van der Waals surface area contributed by atoms with Gasteiger partial charge >= 0.3 is 0 Å². The molecular weight excluding hydrogens is 437 g/mol. The largest absolute Gasteiger partial charge is 0.363 e. The van der Waals surface area contributed by atoms with Gasteiger partial charge in [-0.15, -0.1) is 11.3 Å². The Morgan fingerprint density at radius 2 is 2.06 bits per heavy atom. The molecule has 1 unspecified atom stereocenters. The fourth-order valence-electron chi connectivity index (χ4n) is 4.32. The Kier molecular flexibility index (Phi) is 5.92. The zero-order valence-electron chi connectivity index (χ0n) is 18.2. The molecule has 4 heterocycles. The van der Waals surface area contributed by atoms with Crippen LogP contribution in [0, 0.1) is 6.92 Å². The second-order valence-corrected chi connectivity index (χ2v) is 8.94. The normalized spacial score (nSPS) is 16.7. The zero-order valence-corrected chi connectivity index (χ0v) is 19.0. The van der Waals surface area contributed by atoms with Crippen molar-refractivity contribution in [1.82, 2.24) is 14.5 Å². The minimum atomic E-state index is -1.48. The van der Waals surface area contributed by atoms with E-state index in [9.17, 15) is 4.79 Å². The maximum atomic E-state index is 15.2. The van der Waals surface area contributed by atoms with Crippen LogP contribution in [-0.2, 0) is 0 Å². The van der Waals surface area contributed by atoms with Crippen LogP contribution in [0.5, 0.6) is 0 Å². The van der Waals surface area contributed by atoms with Gasteiger partial charge in [0.05, 0.1) is 11.7 Å². The average Bonchev–Trinajstić information content (AvgIpc) is 3.59. The van der Waals surface area contributed by atoms with Gasteiger partial charge in [0.15, 0.2) is 5.13 Å². The molecule has 6 nitrogen and oxygen atoms in total. The first-order valence-corrected chi connectivity index (χ1v) is 11.8. The van der Waals surface area contributed by atoms with E-state index in [4.69, 9.17) is 4.98 Å². The molecule has 1 N–H and O–H groups in total. The maximum absolute atomic E-state index is 15.2. The number of nitrogens with one attached hydrogen (secondary N) is 1. The highest BCUT2D eigenvalue weighted by molar-refractivity contribution is 7.14. The number of carbonyl (C=O) groups is 1. The SMILES string of the molecule is Cc1cc(C(F)n2cccc2C(=O)Nc2nc([C@H]3CCCN3c3ccccc3)cs2)ccn1. The molecule has 33 heavy (non-hydrogen) atoms. The Hall–Kier alpha value is -3.52. The van der Waals surface area contributed by atoms with Gasteiger partial charge in [-0.05, 0) is 56.2 Å². The molecule has 168 valence electrons. The number of pyridine rings is 1. The summed E-state index contributed by atoms with van der Waals surface area (Å²) in [7, 11) is 0. The van der Waals surface area contributed by atoms with Crippen molar-refractivity contribution in [3.63, 3.8) is 0 Å². The molecule has 1 aromatic carbocycles. The lowest BCUT2D eigenvalue weighted by atomic mass is 10.1. The number of benzene rings is 1. The summed E-state index contributed by atoms with van der Waals surface area (Å²) < 4.78 is 16.5. The highest BCUT2D eigenvalue weighted by Gasteiger charge is 2.28. The molecule has 0 spiro atoms. The average molecular weight is 462 g/mol. The van der Waals surface area contributed by atoms with E-state index in [-0.39, 0.29) is 17.6 Å². The highest BCUT2D eigenvalue weighted by Crippen LogP contribution is 2.37. The quantitative estimate of drug-likeness (QED) is 0.397. The number of para-hydroxylation sites is 1. The molecule has 0 radical (unpaired) electrons. The first kappa shape index (κ1) is 21.3. The highest BCUT2D eigenvalue weighted by atomic mass is 32.1. The molecule has 3 aromatic heterocycles. The van der Waals surface area contributed by atoms with Gasteiger partial charge in [-0.1, -0.05) is 18.2 Å². The van der Waals surface area contributed by atoms with Crippen molar-refractivity contribution >= 4 is 28.1 Å². The van der Waals surface area contributed by atoms with Crippen LogP contribution < -0.4 is 10.2 Å². The van der Waals surface area contributed by atoms with Crippen molar-refractivity contribution in [3.8, 4) is 0 Å². The molecule has 8 heteroatoms. The van der Waals surface area contributed by atoms with Gasteiger partial charge < -0.3 is 9.47 Å². The fraction of sp³-hybridized carbons (Fsp3) is 0.240. The minimum absolute atomic E-state index is 0.184. The molecule has 1 fully saturated rings. The fourth-order valence-corrected chi connectivity index (χ4v) is 5.07. The Morgan fingerprint density at radius 3 is 2.88 bits per heavy atom. The zero-order chi connectivity index (χ0) is 22.8. The molecule has 0 bridgehead atoms. The first-order chi connectivity index (χ1) is 16.1. The summed E-state index contributed by atoms with van der Waals surface area (Å²) >= 11 is 1.39. The van der Waals surface area contributed by atoms with E-state index in [1.807, 2.05) is 30.5 Å². The number of aryl methyl sites for hydroxylation is 1. The molecular formula is C25H24FN5OS. The van der Waals surface area contributed by atoms with Crippen molar-refractivity contribution in [2.45, 2.75) is 32.1 Å². The summed E-state index contributed by atoms with van der Waals surface area (Å²) in [6.07, 6.45) is 3.77. The third kappa shape index (κ3) is 4.39. The summed E-state index contributed by atoms with van der Waals surface area (Å²) in [6, 6.07) is 17.1. The monoisotopic (exact) mass is 461 g/mol. The van der Waals surface area contributed by atoms with Crippen LogP contribution in [-0.4, -0.2) is 27.0 Å². The molecule has 1 saturated heterocycles. The van der Waals surface area contributed by atoms with Gasteiger partial charge in [-0.25, -0.2) is 9.37 Å². The smallest absolute Gasteiger partial charge is 0.274 e. The first-order valence-electron chi connectivity index (χ1n) is 10.9. The lowest BCUT2D eigenvalue weighted by molar-refractivity contribution is 0.101. The molecule has 2 atom stereocenters. The third-order valence-electron chi connectivity index (χ3n) is 5.88. The molecule has 1 aliphatic rings. The van der Waals surface area contributed by atoms with Crippen molar-refractivity contribution < 1.29 is 9.18 Å². The lowest BCUT2D eigenvalue weighted by Crippen LogP contribution is -2.23. The van der Waals surface area contributed by atoms with Crippen molar-refractivity contribution in [2.75, 3.05) is 16.8 Å². The van der Waals surface area contributed by atoms with E-state index in [0.717, 1.165) is 30.8 Å². The van der Waals surface area contributed by atoms with Crippen LogP contribution in [0.15, 0.2) is 72.4 Å². The summed E-state index contributed by atoms with van der Waals surface area (Å²) in [6.45, 7) is 2.79. The Labute approximate surface area is 195 Å². The van der Waals surface area contributed by atoms with Crippen molar-refractivity contribution in [2.24, 2.45) is 0 Å². The summed E-state index contributed by atoms with van der Waals surface area (Å²) in [5, 5.41) is 5.36. The number of carbonyl (C=O) groups excluding carboxylic acids is 1. The Balaban J connectivity index is 1.32. The standard InChI is InChI=1S/C25H24FN5OS/c1-17-15-18(11-12-27-17)23(26)31-14-6-10-22(31)24(32)29-25-28-20(16-33-25)21-9-5-13-30(21)19-7-3-2-4-8-19/h2-4,6-8,10-12,14-16,21,23H,5,9,13H2,1H3,(H,28,29,32)/t21-,23?/m1/s1. The van der Waals surface area contributed by atoms with Gasteiger partial charge in [-0.2, -0.15) is 0 Å². The van der Waals surface area contributed by atoms with Crippen LogP contribution in [0.1, 0.15) is 52.6 Å². The van der Waals surface area contributed by atoms with Crippen LogP contribution in [0.25, 0.3) is 0 Å². The number of thiazole rings is 1. The van der Waals surface area contributed by atoms with E-state index in [1.54, 1.807) is 36.7 Å². The van der Waals surface area contributed by atoms with Gasteiger partial charge in [-0.3, -0.25) is 15.1 Å². The van der Waals surface area contributed by atoms with Crippen molar-refractivity contribution in [1.29, 1.82) is 0 Å². The number of halogens is 1. The summed E-state index contributed by atoms with van der Waals surface area (Å²) in [5.74, 6) is -0.388. The molecule has 4 aromatic rings. The molecule has 1 aliphatic heterocycles. The number of rotatable bonds is 6. The second-order valence-electron chi connectivity index (χ2n) is 8.09. The number of nitrogens with zero attached hydrogens (tertiary/aromatic N) is 4. The van der Waals surface area contributed by atoms with Gasteiger partial charge in [0.25, 0.3) is 5.91 Å². The van der Waals surface area contributed by atoms with Gasteiger partial charge in [0.2, 0.25) is 6.30 Å². The van der Waals surface area contributed by atoms with E-state index in [0.29, 0.717) is 10.7 Å². The number of aromatic nitrogens is 3. The summed E-state index contributed by atoms with van der Waals surface area (Å²) in [4.78, 5) is 24.1.